The molecule has 1 aliphatic heterocycles. The van der Waals surface area contributed by atoms with E-state index in [0.29, 0.717) is 24.5 Å². The Hall–Kier alpha value is -3.14. The second-order valence-electron chi connectivity index (χ2n) is 6.75. The van der Waals surface area contributed by atoms with Gasteiger partial charge in [-0.2, -0.15) is 0 Å². The summed E-state index contributed by atoms with van der Waals surface area (Å²) in [5.41, 5.74) is 1.15. The predicted molar refractivity (Wildman–Crippen MR) is 115 cm³/mol. The normalized spacial score (nSPS) is 15.6. The van der Waals surface area contributed by atoms with Gasteiger partial charge in [-0.25, -0.2) is 14.1 Å². The van der Waals surface area contributed by atoms with Crippen LogP contribution in [0.25, 0.3) is 0 Å². The number of methoxy groups -OCH3 is 2. The van der Waals surface area contributed by atoms with Crippen LogP contribution >= 0.6 is 15.9 Å². The summed E-state index contributed by atoms with van der Waals surface area (Å²) >= 11 is 3.47. The lowest BCUT2D eigenvalue weighted by molar-refractivity contribution is -0.125. The Labute approximate surface area is 186 Å². The number of hydrogen-bond acceptors (Lipinski definition) is 5. The lowest BCUT2D eigenvalue weighted by atomic mass is 10.1. The van der Waals surface area contributed by atoms with Gasteiger partial charge < -0.3 is 20.1 Å². The van der Waals surface area contributed by atoms with Gasteiger partial charge in [0.1, 0.15) is 11.9 Å². The summed E-state index contributed by atoms with van der Waals surface area (Å²) in [6.45, 7) is 0.323. The number of urea groups is 1. The molecule has 8 nitrogen and oxygen atoms in total. The van der Waals surface area contributed by atoms with Crippen LogP contribution in [0.2, 0.25) is 0 Å². The number of nitrogens with one attached hydrogen (secondary N) is 2. The van der Waals surface area contributed by atoms with Gasteiger partial charge in [0.25, 0.3) is 5.91 Å². The molecule has 2 N–H and O–H groups in total. The zero-order valence-electron chi connectivity index (χ0n) is 16.9. The second kappa shape index (κ2) is 9.78. The van der Waals surface area contributed by atoms with Gasteiger partial charge in [0, 0.05) is 11.0 Å². The van der Waals surface area contributed by atoms with Crippen molar-refractivity contribution >= 4 is 39.5 Å². The largest absolute Gasteiger partial charge is 0.493 e. The molecule has 10 heteroatoms. The number of rotatable bonds is 8. The highest BCUT2D eigenvalue weighted by atomic mass is 79.9. The van der Waals surface area contributed by atoms with E-state index in [4.69, 9.17) is 9.47 Å². The number of benzene rings is 2. The van der Waals surface area contributed by atoms with E-state index in [2.05, 4.69) is 26.6 Å². The molecule has 1 heterocycles. The van der Waals surface area contributed by atoms with Crippen LogP contribution in [0.4, 0.5) is 14.9 Å². The van der Waals surface area contributed by atoms with Gasteiger partial charge >= 0.3 is 6.03 Å². The Morgan fingerprint density at radius 3 is 2.45 bits per heavy atom. The van der Waals surface area contributed by atoms with Crippen LogP contribution in [0.5, 0.6) is 11.5 Å². The molecule has 2 aromatic rings. The number of nitrogens with zero attached hydrogens (tertiary/aromatic N) is 1. The van der Waals surface area contributed by atoms with Crippen molar-refractivity contribution in [3.05, 3.63) is 52.3 Å². The Balaban J connectivity index is 1.55. The summed E-state index contributed by atoms with van der Waals surface area (Å²) < 4.78 is 24.4. The monoisotopic (exact) mass is 493 g/mol. The third-order valence-electron chi connectivity index (χ3n) is 4.76. The molecule has 1 fully saturated rings. The Kier molecular flexibility index (Phi) is 7.11. The van der Waals surface area contributed by atoms with Crippen molar-refractivity contribution in [1.29, 1.82) is 0 Å². The minimum atomic E-state index is -0.981. The highest BCUT2D eigenvalue weighted by Crippen LogP contribution is 2.33. The van der Waals surface area contributed by atoms with Gasteiger partial charge in [-0.05, 0) is 48.4 Å². The zero-order valence-corrected chi connectivity index (χ0v) is 18.5. The van der Waals surface area contributed by atoms with E-state index >= 15 is 0 Å². The number of halogens is 2. The number of imide groups is 1. The maximum Gasteiger partial charge on any atom is 0.329 e. The fourth-order valence-electron chi connectivity index (χ4n) is 3.19. The van der Waals surface area contributed by atoms with Crippen LogP contribution < -0.4 is 25.0 Å². The SMILES string of the molecule is COc1cc(Br)c(CCNC(=O)C[C@H]2NC(=O)N(c3ccc(F)cc3)C2=O)cc1OC. The van der Waals surface area contributed by atoms with Gasteiger partial charge in [0.2, 0.25) is 5.91 Å². The topological polar surface area (TPSA) is 97.0 Å². The van der Waals surface area contributed by atoms with E-state index in [1.807, 2.05) is 6.07 Å². The predicted octanol–water partition coefficient (Wildman–Crippen LogP) is 2.78. The molecule has 0 unspecified atom stereocenters. The Morgan fingerprint density at radius 1 is 1.16 bits per heavy atom. The maximum absolute atomic E-state index is 13.1. The molecule has 0 aliphatic carbocycles. The first-order valence-electron chi connectivity index (χ1n) is 9.41. The van der Waals surface area contributed by atoms with Crippen molar-refractivity contribution in [2.45, 2.75) is 18.9 Å². The number of anilines is 1. The first-order valence-corrected chi connectivity index (χ1v) is 10.2. The molecule has 4 amide bonds. The quantitative estimate of drug-likeness (QED) is 0.551. The standard InChI is InChI=1S/C21H21BrFN3O5/c1-30-17-9-12(15(22)10-18(17)31-2)7-8-24-19(27)11-16-20(28)26(21(29)25-16)14-5-3-13(23)4-6-14/h3-6,9-10,16H,7-8,11H2,1-2H3,(H,24,27)(H,25,29)/t16-/m1/s1. The fourth-order valence-corrected chi connectivity index (χ4v) is 3.71. The summed E-state index contributed by atoms with van der Waals surface area (Å²) in [6.07, 6.45) is 0.314. The van der Waals surface area contributed by atoms with Gasteiger partial charge in [-0.1, -0.05) is 15.9 Å². The lowest BCUT2D eigenvalue weighted by Gasteiger charge is -2.13. The van der Waals surface area contributed by atoms with E-state index < -0.39 is 23.8 Å². The van der Waals surface area contributed by atoms with Crippen LogP contribution in [0.1, 0.15) is 12.0 Å². The van der Waals surface area contributed by atoms with Crippen molar-refractivity contribution in [2.24, 2.45) is 0 Å². The molecule has 3 rings (SSSR count). The van der Waals surface area contributed by atoms with Crippen LogP contribution in [-0.4, -0.2) is 44.7 Å². The van der Waals surface area contributed by atoms with Crippen LogP contribution in [0, 0.1) is 5.82 Å². The summed E-state index contributed by atoms with van der Waals surface area (Å²) in [5.74, 6) is -0.256. The third-order valence-corrected chi connectivity index (χ3v) is 5.50. The smallest absolute Gasteiger partial charge is 0.329 e. The average molecular weight is 494 g/mol. The molecular formula is C21H21BrFN3O5. The van der Waals surface area contributed by atoms with Gasteiger partial charge in [0.05, 0.1) is 26.3 Å². The highest BCUT2D eigenvalue weighted by molar-refractivity contribution is 9.10. The molecule has 0 bridgehead atoms. The van der Waals surface area contributed by atoms with E-state index in [0.717, 1.165) is 27.1 Å². The molecule has 0 saturated carbocycles. The van der Waals surface area contributed by atoms with E-state index in [1.165, 1.54) is 12.1 Å². The molecule has 2 aromatic carbocycles. The summed E-state index contributed by atoms with van der Waals surface area (Å²) in [4.78, 5) is 37.9. The van der Waals surface area contributed by atoms with Crippen LogP contribution in [0.3, 0.4) is 0 Å². The minimum Gasteiger partial charge on any atom is -0.493 e. The third kappa shape index (κ3) is 5.13. The molecular weight excluding hydrogens is 473 g/mol. The summed E-state index contributed by atoms with van der Waals surface area (Å²) in [7, 11) is 3.09. The first-order chi connectivity index (χ1) is 14.8. The molecule has 0 spiro atoms. The van der Waals surface area contributed by atoms with Crippen molar-refractivity contribution in [2.75, 3.05) is 25.7 Å². The number of amides is 4. The Morgan fingerprint density at radius 2 is 1.81 bits per heavy atom. The van der Waals surface area contributed by atoms with E-state index in [-0.39, 0.29) is 18.0 Å². The van der Waals surface area contributed by atoms with Crippen molar-refractivity contribution in [1.82, 2.24) is 10.6 Å². The summed E-state index contributed by atoms with van der Waals surface area (Å²) in [5, 5.41) is 5.23. The number of carbonyl (C=O) groups is 3. The molecule has 0 aromatic heterocycles. The van der Waals surface area contributed by atoms with Gasteiger partial charge in [-0.3, -0.25) is 9.59 Å². The average Bonchev–Trinajstić information content (AvgIpc) is 3.02. The molecule has 1 saturated heterocycles. The van der Waals surface area contributed by atoms with Gasteiger partial charge in [0.15, 0.2) is 11.5 Å². The second-order valence-corrected chi connectivity index (χ2v) is 7.61. The number of ether oxygens (including phenoxy) is 2. The molecule has 0 radical (unpaired) electrons. The minimum absolute atomic E-state index is 0.199. The van der Waals surface area contributed by atoms with Crippen molar-refractivity contribution in [3.63, 3.8) is 0 Å². The van der Waals surface area contributed by atoms with Crippen molar-refractivity contribution in [3.8, 4) is 11.5 Å². The highest BCUT2D eigenvalue weighted by Gasteiger charge is 2.40. The molecule has 1 atom stereocenters. The lowest BCUT2D eigenvalue weighted by Crippen LogP contribution is -2.37. The maximum atomic E-state index is 13.1. The van der Waals surface area contributed by atoms with E-state index in [1.54, 1.807) is 20.3 Å². The molecule has 1 aliphatic rings. The zero-order chi connectivity index (χ0) is 22.5. The van der Waals surface area contributed by atoms with Crippen LogP contribution in [-0.2, 0) is 16.0 Å². The van der Waals surface area contributed by atoms with Crippen LogP contribution in [0.15, 0.2) is 40.9 Å². The molecule has 31 heavy (non-hydrogen) atoms. The van der Waals surface area contributed by atoms with E-state index in [9.17, 15) is 18.8 Å². The fraction of sp³-hybridized carbons (Fsp3) is 0.286. The summed E-state index contributed by atoms with van der Waals surface area (Å²) in [6, 6.07) is 6.94. The number of carbonyl (C=O) groups excluding carboxylic acids is 3. The molecule has 164 valence electrons. The van der Waals surface area contributed by atoms with Gasteiger partial charge in [-0.15, -0.1) is 0 Å². The van der Waals surface area contributed by atoms with Crippen molar-refractivity contribution < 1.29 is 28.2 Å². The first kappa shape index (κ1) is 22.5. The Bertz CT molecular complexity index is 999. The number of hydrogen-bond donors (Lipinski definition) is 2.